The number of carbonyl (C=O) groups is 1. The Hall–Kier alpha value is -3.38. The van der Waals surface area contributed by atoms with Crippen molar-refractivity contribution in [1.82, 2.24) is 19.6 Å². The van der Waals surface area contributed by atoms with Crippen molar-refractivity contribution in [3.8, 4) is 17.0 Å². The summed E-state index contributed by atoms with van der Waals surface area (Å²) in [5, 5.41) is 4.55. The first kappa shape index (κ1) is 20.9. The summed E-state index contributed by atoms with van der Waals surface area (Å²) in [6.07, 6.45) is 4.33. The maximum atomic E-state index is 13.1. The molecule has 6 heteroatoms. The van der Waals surface area contributed by atoms with Gasteiger partial charge in [0.25, 0.3) is 5.91 Å². The van der Waals surface area contributed by atoms with Crippen molar-refractivity contribution in [2.75, 3.05) is 39.8 Å². The second-order valence-corrected chi connectivity index (χ2v) is 7.68. The van der Waals surface area contributed by atoms with E-state index >= 15 is 0 Å². The third-order valence-electron chi connectivity index (χ3n) is 5.60. The second kappa shape index (κ2) is 9.62. The van der Waals surface area contributed by atoms with Gasteiger partial charge < -0.3 is 9.64 Å². The molecule has 0 spiro atoms. The van der Waals surface area contributed by atoms with Crippen molar-refractivity contribution >= 4 is 12.0 Å². The van der Waals surface area contributed by atoms with Gasteiger partial charge in [-0.25, -0.2) is 0 Å². The molecule has 31 heavy (non-hydrogen) atoms. The molecule has 1 saturated heterocycles. The molecule has 0 aliphatic carbocycles. The number of methoxy groups -OCH3 is 1. The Morgan fingerprint density at radius 3 is 2.55 bits per heavy atom. The first-order valence-electron chi connectivity index (χ1n) is 10.6. The normalized spacial score (nSPS) is 14.8. The summed E-state index contributed by atoms with van der Waals surface area (Å²) < 4.78 is 6.97. The Kier molecular flexibility index (Phi) is 6.48. The summed E-state index contributed by atoms with van der Waals surface area (Å²) in [6.45, 7) is 4.06. The highest BCUT2D eigenvalue weighted by molar-refractivity contribution is 5.93. The summed E-state index contributed by atoms with van der Waals surface area (Å²) in [5.74, 6) is 0.803. The molecule has 1 aromatic heterocycles. The maximum absolute atomic E-state index is 13.1. The van der Waals surface area contributed by atoms with Crippen molar-refractivity contribution in [3.05, 3.63) is 78.0 Å². The van der Waals surface area contributed by atoms with Gasteiger partial charge >= 0.3 is 0 Å². The van der Waals surface area contributed by atoms with Crippen LogP contribution in [-0.2, 0) is 7.05 Å². The van der Waals surface area contributed by atoms with Crippen LogP contribution in [0.25, 0.3) is 17.3 Å². The van der Waals surface area contributed by atoms with Gasteiger partial charge in [-0.3, -0.25) is 14.4 Å². The number of benzene rings is 2. The molecule has 1 aliphatic rings. The van der Waals surface area contributed by atoms with Crippen LogP contribution in [0, 0.1) is 0 Å². The van der Waals surface area contributed by atoms with Gasteiger partial charge in [-0.15, -0.1) is 0 Å². The van der Waals surface area contributed by atoms with Crippen LogP contribution in [0.1, 0.15) is 16.1 Å². The molecular formula is C25H28N4O2. The Bertz CT molecular complexity index is 1050. The number of rotatable bonds is 6. The maximum Gasteiger partial charge on any atom is 0.272 e. The summed E-state index contributed by atoms with van der Waals surface area (Å²) in [5.41, 5.74) is 3.52. The zero-order valence-corrected chi connectivity index (χ0v) is 18.1. The molecule has 1 amide bonds. The van der Waals surface area contributed by atoms with Crippen LogP contribution in [0.15, 0.2) is 66.7 Å². The van der Waals surface area contributed by atoms with Gasteiger partial charge in [0.15, 0.2) is 0 Å². The van der Waals surface area contributed by atoms with Crippen LogP contribution >= 0.6 is 0 Å². The summed E-state index contributed by atoms with van der Waals surface area (Å²) in [7, 11) is 3.46. The average molecular weight is 417 g/mol. The predicted molar refractivity (Wildman–Crippen MR) is 123 cm³/mol. The Morgan fingerprint density at radius 2 is 1.81 bits per heavy atom. The van der Waals surface area contributed by atoms with Gasteiger partial charge in [-0.1, -0.05) is 54.6 Å². The molecule has 0 atom stereocenters. The van der Waals surface area contributed by atoms with Gasteiger partial charge in [0.05, 0.1) is 12.8 Å². The van der Waals surface area contributed by atoms with Crippen LogP contribution in [-0.4, -0.2) is 65.3 Å². The lowest BCUT2D eigenvalue weighted by molar-refractivity contribution is 0.0639. The fraction of sp³-hybridized carbons (Fsp3) is 0.280. The van der Waals surface area contributed by atoms with E-state index in [2.05, 4.69) is 34.3 Å². The van der Waals surface area contributed by atoms with E-state index in [0.717, 1.165) is 49.7 Å². The van der Waals surface area contributed by atoms with Crippen molar-refractivity contribution in [3.63, 3.8) is 0 Å². The molecule has 3 aromatic rings. The van der Waals surface area contributed by atoms with Crippen LogP contribution in [0.2, 0.25) is 0 Å². The third-order valence-corrected chi connectivity index (χ3v) is 5.60. The summed E-state index contributed by atoms with van der Waals surface area (Å²) in [6, 6.07) is 19.9. The summed E-state index contributed by atoms with van der Waals surface area (Å²) >= 11 is 0. The van der Waals surface area contributed by atoms with E-state index in [-0.39, 0.29) is 5.91 Å². The third kappa shape index (κ3) is 5.03. The quantitative estimate of drug-likeness (QED) is 0.617. The van der Waals surface area contributed by atoms with Gasteiger partial charge in [0.2, 0.25) is 0 Å². The molecule has 0 saturated carbocycles. The van der Waals surface area contributed by atoms with Crippen LogP contribution < -0.4 is 4.74 Å². The van der Waals surface area contributed by atoms with Gasteiger partial charge in [0, 0.05) is 45.3 Å². The predicted octanol–water partition coefficient (Wildman–Crippen LogP) is 3.57. The molecule has 1 aliphatic heterocycles. The SMILES string of the molecule is COc1cccc(-c2cc(C(=O)N3CCN(C/C=C/c4ccccc4)CC3)n(C)n2)c1. The highest BCUT2D eigenvalue weighted by atomic mass is 16.5. The Labute approximate surface area is 183 Å². The van der Waals surface area contributed by atoms with Crippen molar-refractivity contribution < 1.29 is 9.53 Å². The molecule has 0 bridgehead atoms. The van der Waals surface area contributed by atoms with E-state index < -0.39 is 0 Å². The number of aromatic nitrogens is 2. The largest absolute Gasteiger partial charge is 0.497 e. The van der Waals surface area contributed by atoms with Gasteiger partial charge in [-0.05, 0) is 23.8 Å². The van der Waals surface area contributed by atoms with E-state index in [1.165, 1.54) is 5.56 Å². The van der Waals surface area contributed by atoms with E-state index in [1.807, 2.05) is 60.5 Å². The number of hydrogen-bond acceptors (Lipinski definition) is 4. The lowest BCUT2D eigenvalue weighted by atomic mass is 10.1. The lowest BCUT2D eigenvalue weighted by Crippen LogP contribution is -2.48. The topological polar surface area (TPSA) is 50.6 Å². The van der Waals surface area contributed by atoms with Crippen LogP contribution in [0.5, 0.6) is 5.75 Å². The number of ether oxygens (including phenoxy) is 1. The monoisotopic (exact) mass is 416 g/mol. The lowest BCUT2D eigenvalue weighted by Gasteiger charge is -2.34. The minimum atomic E-state index is 0.0311. The molecular weight excluding hydrogens is 388 g/mol. The number of nitrogens with zero attached hydrogens (tertiary/aromatic N) is 4. The molecule has 160 valence electrons. The number of hydrogen-bond donors (Lipinski definition) is 0. The van der Waals surface area contributed by atoms with E-state index in [0.29, 0.717) is 5.69 Å². The standard InChI is InChI=1S/C25H28N4O2/c1-27-24(19-23(26-27)21-11-6-12-22(18-21)31-2)25(30)29-16-14-28(15-17-29)13-7-10-20-8-4-3-5-9-20/h3-12,18-19H,13-17H2,1-2H3/b10-7+. The number of carbonyl (C=O) groups excluding carboxylic acids is 1. The van der Waals surface area contributed by atoms with E-state index in [9.17, 15) is 4.79 Å². The number of piperazine rings is 1. The van der Waals surface area contributed by atoms with Gasteiger partial charge in [-0.2, -0.15) is 5.10 Å². The van der Waals surface area contributed by atoms with Crippen molar-refractivity contribution in [2.45, 2.75) is 0 Å². The zero-order valence-electron chi connectivity index (χ0n) is 18.1. The first-order valence-corrected chi connectivity index (χ1v) is 10.6. The first-order chi connectivity index (χ1) is 15.1. The Morgan fingerprint density at radius 1 is 1.03 bits per heavy atom. The average Bonchev–Trinajstić information content (AvgIpc) is 3.21. The van der Waals surface area contributed by atoms with Crippen LogP contribution in [0.3, 0.4) is 0 Å². The number of amides is 1. The second-order valence-electron chi connectivity index (χ2n) is 7.68. The molecule has 6 nitrogen and oxygen atoms in total. The summed E-state index contributed by atoms with van der Waals surface area (Å²) in [4.78, 5) is 17.4. The zero-order chi connectivity index (χ0) is 21.6. The van der Waals surface area contributed by atoms with Crippen molar-refractivity contribution in [2.24, 2.45) is 7.05 Å². The molecule has 1 fully saturated rings. The fourth-order valence-corrected chi connectivity index (χ4v) is 3.79. The molecule has 2 aromatic carbocycles. The van der Waals surface area contributed by atoms with Crippen molar-refractivity contribution in [1.29, 1.82) is 0 Å². The highest BCUT2D eigenvalue weighted by Gasteiger charge is 2.24. The minimum absolute atomic E-state index is 0.0311. The van der Waals surface area contributed by atoms with E-state index in [4.69, 9.17) is 4.74 Å². The minimum Gasteiger partial charge on any atom is -0.497 e. The number of aryl methyl sites for hydroxylation is 1. The smallest absolute Gasteiger partial charge is 0.272 e. The highest BCUT2D eigenvalue weighted by Crippen LogP contribution is 2.24. The molecule has 0 radical (unpaired) electrons. The fourth-order valence-electron chi connectivity index (χ4n) is 3.79. The molecule has 0 N–H and O–H groups in total. The van der Waals surface area contributed by atoms with E-state index in [1.54, 1.807) is 11.8 Å². The molecule has 4 rings (SSSR count). The molecule has 2 heterocycles. The van der Waals surface area contributed by atoms with Gasteiger partial charge in [0.1, 0.15) is 11.4 Å². The molecule has 0 unspecified atom stereocenters. The Balaban J connectivity index is 1.35. The van der Waals surface area contributed by atoms with Crippen LogP contribution in [0.4, 0.5) is 0 Å².